The van der Waals surface area contributed by atoms with Crippen LogP contribution < -0.4 is 0 Å². The first-order valence-electron chi connectivity index (χ1n) is 19.9. The smallest absolute Gasteiger partial charge is 0.156 e. The van der Waals surface area contributed by atoms with Crippen molar-refractivity contribution in [1.29, 1.82) is 0 Å². The summed E-state index contributed by atoms with van der Waals surface area (Å²) in [6, 6.07) is 71.4. The molecule has 0 radical (unpaired) electrons. The van der Waals surface area contributed by atoms with Crippen LogP contribution in [0.5, 0.6) is 0 Å². The number of thiophene rings is 1. The van der Waals surface area contributed by atoms with Crippen molar-refractivity contribution in [2.75, 3.05) is 0 Å². The number of hydrogen-bond acceptors (Lipinski definition) is 2. The van der Waals surface area contributed by atoms with Crippen molar-refractivity contribution in [2.45, 2.75) is 0 Å². The molecule has 0 aliphatic heterocycles. The van der Waals surface area contributed by atoms with Crippen molar-refractivity contribution in [2.24, 2.45) is 0 Å². The van der Waals surface area contributed by atoms with Gasteiger partial charge < -0.3 is 0 Å². The maximum atomic E-state index is 5.37. The number of rotatable bonds is 3. The van der Waals surface area contributed by atoms with Crippen LogP contribution in [0.25, 0.3) is 124 Å². The average molecular weight is 753 g/mol. The lowest BCUT2D eigenvalue weighted by Gasteiger charge is -2.12. The molecule has 0 spiro atoms. The van der Waals surface area contributed by atoms with Crippen LogP contribution in [0.2, 0.25) is 0 Å². The predicted molar refractivity (Wildman–Crippen MR) is 249 cm³/mol. The molecule has 3 aromatic heterocycles. The molecule has 0 fully saturated rings. The van der Waals surface area contributed by atoms with E-state index in [9.17, 15) is 0 Å². The molecule has 0 bridgehead atoms. The van der Waals surface area contributed by atoms with E-state index in [-0.39, 0.29) is 0 Å². The zero-order valence-corrected chi connectivity index (χ0v) is 32.1. The van der Waals surface area contributed by atoms with Gasteiger partial charge in [-0.15, -0.1) is 11.3 Å². The Kier molecular flexibility index (Phi) is 6.63. The third-order valence-corrected chi connectivity index (χ3v) is 13.6. The number of imidazole rings is 1. The summed E-state index contributed by atoms with van der Waals surface area (Å²) in [5, 5.41) is 15.3. The third-order valence-electron chi connectivity index (χ3n) is 12.3. The van der Waals surface area contributed by atoms with Gasteiger partial charge in [0.2, 0.25) is 0 Å². The van der Waals surface area contributed by atoms with Crippen LogP contribution in [0.1, 0.15) is 0 Å². The van der Waals surface area contributed by atoms with Gasteiger partial charge in [0.15, 0.2) is 5.65 Å². The normalized spacial score (nSPS) is 12.1. The number of pyridine rings is 1. The van der Waals surface area contributed by atoms with Gasteiger partial charge in [0, 0.05) is 15.5 Å². The van der Waals surface area contributed by atoms with E-state index >= 15 is 0 Å². The Morgan fingerprint density at radius 1 is 0.328 bits per heavy atom. The summed E-state index contributed by atoms with van der Waals surface area (Å²) >= 11 is 1.86. The van der Waals surface area contributed by atoms with Crippen LogP contribution in [-0.4, -0.2) is 9.38 Å². The molecule has 58 heavy (non-hydrogen) atoms. The van der Waals surface area contributed by atoms with Crippen LogP contribution in [0.3, 0.4) is 0 Å². The van der Waals surface area contributed by atoms with Crippen LogP contribution in [0, 0.1) is 0 Å². The molecule has 0 aliphatic rings. The van der Waals surface area contributed by atoms with Crippen LogP contribution >= 0.6 is 11.3 Å². The molecule has 3 heteroatoms. The highest BCUT2D eigenvalue weighted by molar-refractivity contribution is 7.27. The molecule has 0 saturated heterocycles. The van der Waals surface area contributed by atoms with Gasteiger partial charge in [-0.3, -0.25) is 4.40 Å². The monoisotopic (exact) mass is 752 g/mol. The lowest BCUT2D eigenvalue weighted by Crippen LogP contribution is -1.93. The maximum Gasteiger partial charge on any atom is 0.156 e. The Balaban J connectivity index is 0.931. The van der Waals surface area contributed by atoms with Gasteiger partial charge in [0.1, 0.15) is 0 Å². The van der Waals surface area contributed by atoms with E-state index in [4.69, 9.17) is 4.98 Å². The van der Waals surface area contributed by atoms with Crippen molar-refractivity contribution in [3.63, 3.8) is 0 Å². The minimum atomic E-state index is 1.01. The second kappa shape index (κ2) is 12.1. The van der Waals surface area contributed by atoms with E-state index in [0.717, 1.165) is 27.9 Å². The van der Waals surface area contributed by atoms with Crippen molar-refractivity contribution >= 4 is 102 Å². The largest absolute Gasteiger partial charge is 0.291 e. The summed E-state index contributed by atoms with van der Waals surface area (Å²) in [5.41, 5.74) is 10.3. The van der Waals surface area contributed by atoms with Gasteiger partial charge in [0.05, 0.1) is 21.4 Å². The Morgan fingerprint density at radius 2 is 0.828 bits per heavy atom. The fraction of sp³-hybridized carbons (Fsp3) is 0. The van der Waals surface area contributed by atoms with Gasteiger partial charge in [-0.2, -0.15) is 0 Å². The van der Waals surface area contributed by atoms with Crippen molar-refractivity contribution in [3.8, 4) is 33.5 Å². The highest BCUT2D eigenvalue weighted by atomic mass is 32.1. The summed E-state index contributed by atoms with van der Waals surface area (Å²) in [6.45, 7) is 0. The zero-order chi connectivity index (χ0) is 37.9. The van der Waals surface area contributed by atoms with E-state index in [0.29, 0.717) is 0 Å². The highest BCUT2D eigenvalue weighted by Gasteiger charge is 2.19. The molecule has 10 aromatic carbocycles. The van der Waals surface area contributed by atoms with Gasteiger partial charge in [-0.05, 0) is 106 Å². The number of fused-ring (bicyclic) bond motifs is 16. The Hall–Kier alpha value is -7.33. The Morgan fingerprint density at radius 3 is 1.50 bits per heavy atom. The summed E-state index contributed by atoms with van der Waals surface area (Å²) in [6.07, 6.45) is 0. The van der Waals surface area contributed by atoms with Crippen molar-refractivity contribution < 1.29 is 0 Å². The summed E-state index contributed by atoms with van der Waals surface area (Å²) in [4.78, 5) is 5.37. The van der Waals surface area contributed by atoms with Gasteiger partial charge in [-0.25, -0.2) is 4.98 Å². The minimum absolute atomic E-state index is 1.01. The quantitative estimate of drug-likeness (QED) is 0.164. The maximum absolute atomic E-state index is 5.37. The first-order chi connectivity index (χ1) is 28.7. The fourth-order valence-electron chi connectivity index (χ4n) is 9.50. The van der Waals surface area contributed by atoms with E-state index in [1.807, 2.05) is 11.3 Å². The SMILES string of the molecule is c1ccc2cc3c(cc2c1)nc1c2sc4c5ccccc5ccc4c2cc(-c2ccc(-c4ccc(-c5ccc6c7ccccc7c7ccccc7c6c5)cc4)cc2)n31. The van der Waals surface area contributed by atoms with E-state index < -0.39 is 0 Å². The molecular formula is C55H32N2S. The van der Waals surface area contributed by atoms with E-state index in [1.54, 1.807) is 0 Å². The molecule has 0 amide bonds. The van der Waals surface area contributed by atoms with Gasteiger partial charge >= 0.3 is 0 Å². The molecular weight excluding hydrogens is 721 g/mol. The van der Waals surface area contributed by atoms with E-state index in [2.05, 4.69) is 199 Å². The lowest BCUT2D eigenvalue weighted by molar-refractivity contribution is 1.25. The second-order valence-corrected chi connectivity index (χ2v) is 16.5. The molecule has 13 aromatic rings. The lowest BCUT2D eigenvalue weighted by atomic mass is 9.92. The second-order valence-electron chi connectivity index (χ2n) is 15.5. The number of hydrogen-bond donors (Lipinski definition) is 0. The molecule has 268 valence electrons. The van der Waals surface area contributed by atoms with Crippen LogP contribution in [0.4, 0.5) is 0 Å². The van der Waals surface area contributed by atoms with E-state index in [1.165, 1.54) is 96.3 Å². The Labute approximate surface area is 337 Å². The van der Waals surface area contributed by atoms with Crippen LogP contribution in [-0.2, 0) is 0 Å². The first-order valence-corrected chi connectivity index (χ1v) is 20.7. The number of benzene rings is 10. The van der Waals surface area contributed by atoms with Gasteiger partial charge in [0.25, 0.3) is 0 Å². The molecule has 3 heterocycles. The molecule has 0 saturated carbocycles. The standard InChI is InChI=1S/C55H32N2S/c1-2-11-39-31-52-50(30-38(39)10-1)56-55-54-49(47-28-25-36-9-3-4-12-41(36)53(47)58-54)32-51(57(52)55)37-23-21-34(22-24-37)33-17-19-35(20-18-33)40-26-27-46-44-15-6-5-13-42(44)43-14-7-8-16-45(43)48(46)29-40/h1-32H. The Bertz CT molecular complexity index is 3800. The van der Waals surface area contributed by atoms with Gasteiger partial charge in [-0.1, -0.05) is 170 Å². The molecule has 13 rings (SSSR count). The molecule has 0 aliphatic carbocycles. The predicted octanol–water partition coefficient (Wildman–Crippen LogP) is 15.6. The molecule has 0 unspecified atom stereocenters. The number of nitrogens with zero attached hydrogens (tertiary/aromatic N) is 2. The van der Waals surface area contributed by atoms with Crippen LogP contribution in [0.15, 0.2) is 194 Å². The molecule has 0 atom stereocenters. The first kappa shape index (κ1) is 31.8. The summed E-state index contributed by atoms with van der Waals surface area (Å²) in [7, 11) is 0. The summed E-state index contributed by atoms with van der Waals surface area (Å²) in [5.74, 6) is 0. The molecule has 2 nitrogen and oxygen atoms in total. The van der Waals surface area contributed by atoms with Crippen molar-refractivity contribution in [1.82, 2.24) is 9.38 Å². The zero-order valence-electron chi connectivity index (χ0n) is 31.3. The molecule has 0 N–H and O–H groups in total. The average Bonchev–Trinajstić information content (AvgIpc) is 3.87. The summed E-state index contributed by atoms with van der Waals surface area (Å²) < 4.78 is 4.93. The fourth-order valence-corrected chi connectivity index (χ4v) is 10.8. The topological polar surface area (TPSA) is 17.3 Å². The minimum Gasteiger partial charge on any atom is -0.291 e. The highest BCUT2D eigenvalue weighted by Crippen LogP contribution is 2.44. The van der Waals surface area contributed by atoms with Crippen molar-refractivity contribution in [3.05, 3.63) is 194 Å². The number of aromatic nitrogens is 2. The third kappa shape index (κ3) is 4.62.